The lowest BCUT2D eigenvalue weighted by Gasteiger charge is -2.24. The number of likely N-dealkylation sites (N-methyl/N-ethyl adjacent to an activating group) is 1. The van der Waals surface area contributed by atoms with Gasteiger partial charge >= 0.3 is 6.18 Å². The molecule has 0 saturated heterocycles. The smallest absolute Gasteiger partial charge is 0.383 e. The summed E-state index contributed by atoms with van der Waals surface area (Å²) in [7, 11) is 5.58. The van der Waals surface area contributed by atoms with Gasteiger partial charge in [0.2, 0.25) is 0 Å². The van der Waals surface area contributed by atoms with Crippen molar-refractivity contribution in [1.82, 2.24) is 14.7 Å². The average Bonchev–Trinajstić information content (AvgIpc) is 2.92. The maximum absolute atomic E-state index is 13.0. The molecule has 0 saturated carbocycles. The Labute approximate surface area is 138 Å². The number of hydrogen-bond donors (Lipinski definition) is 1. The number of nitrogens with one attached hydrogen (secondary N) is 1. The fourth-order valence-electron chi connectivity index (χ4n) is 2.41. The molecule has 0 radical (unpaired) electrons. The summed E-state index contributed by atoms with van der Waals surface area (Å²) in [5, 5.41) is 16.0. The van der Waals surface area contributed by atoms with Crippen molar-refractivity contribution >= 4 is 5.69 Å². The minimum absolute atomic E-state index is 0.0521. The molecule has 24 heavy (non-hydrogen) atoms. The summed E-state index contributed by atoms with van der Waals surface area (Å²) < 4.78 is 40.7. The zero-order chi connectivity index (χ0) is 17.9. The molecule has 1 unspecified atom stereocenters. The standard InChI is InChI=1S/C16H18F3N5/c1-23(2)15(12-8-22-24(3)10-12)9-21-13-5-4-11(7-20)14(6-13)16(17,18)19/h4-6,8,10,15,21H,9H2,1-3H3. The normalized spacial score (nSPS) is 12.9. The highest BCUT2D eigenvalue weighted by Gasteiger charge is 2.33. The molecule has 0 aliphatic heterocycles. The Hall–Kier alpha value is -2.53. The van der Waals surface area contributed by atoms with E-state index < -0.39 is 11.7 Å². The first-order valence-corrected chi connectivity index (χ1v) is 7.22. The number of aryl methyl sites for hydroxylation is 1. The Kier molecular flexibility index (Phi) is 5.14. The van der Waals surface area contributed by atoms with Crippen LogP contribution in [0.1, 0.15) is 22.7 Å². The van der Waals surface area contributed by atoms with E-state index in [0.717, 1.165) is 11.6 Å². The Morgan fingerprint density at radius 3 is 2.58 bits per heavy atom. The molecule has 0 amide bonds. The Morgan fingerprint density at radius 2 is 2.08 bits per heavy atom. The zero-order valence-electron chi connectivity index (χ0n) is 13.6. The molecule has 8 heteroatoms. The van der Waals surface area contributed by atoms with Crippen LogP contribution >= 0.6 is 0 Å². The summed E-state index contributed by atoms with van der Waals surface area (Å²) in [4.78, 5) is 1.96. The summed E-state index contributed by atoms with van der Waals surface area (Å²) in [6.07, 6.45) is -0.967. The van der Waals surface area contributed by atoms with Crippen molar-refractivity contribution in [3.63, 3.8) is 0 Å². The molecule has 0 aliphatic rings. The van der Waals surface area contributed by atoms with Gasteiger partial charge in [0.25, 0.3) is 0 Å². The number of benzene rings is 1. The van der Waals surface area contributed by atoms with Crippen molar-refractivity contribution in [1.29, 1.82) is 5.26 Å². The van der Waals surface area contributed by atoms with E-state index in [1.165, 1.54) is 12.1 Å². The molecular formula is C16H18F3N5. The van der Waals surface area contributed by atoms with Crippen LogP contribution in [0.4, 0.5) is 18.9 Å². The minimum Gasteiger partial charge on any atom is -0.383 e. The largest absolute Gasteiger partial charge is 0.417 e. The SMILES string of the molecule is CN(C)C(CNc1ccc(C#N)c(C(F)(F)F)c1)c1cnn(C)c1. The summed E-state index contributed by atoms with van der Waals surface area (Å²) in [5.41, 5.74) is -0.0426. The fourth-order valence-corrected chi connectivity index (χ4v) is 2.41. The number of alkyl halides is 3. The van der Waals surface area contributed by atoms with E-state index in [2.05, 4.69) is 10.4 Å². The van der Waals surface area contributed by atoms with Crippen LogP contribution in [-0.2, 0) is 13.2 Å². The van der Waals surface area contributed by atoms with E-state index >= 15 is 0 Å². The van der Waals surface area contributed by atoms with E-state index in [9.17, 15) is 13.2 Å². The van der Waals surface area contributed by atoms with Gasteiger partial charge in [-0.3, -0.25) is 4.68 Å². The topological polar surface area (TPSA) is 56.9 Å². The van der Waals surface area contributed by atoms with Crippen molar-refractivity contribution in [3.8, 4) is 6.07 Å². The number of nitriles is 1. The Morgan fingerprint density at radius 1 is 1.38 bits per heavy atom. The third kappa shape index (κ3) is 4.06. The quantitative estimate of drug-likeness (QED) is 0.911. The van der Waals surface area contributed by atoms with Crippen LogP contribution < -0.4 is 5.32 Å². The second-order valence-corrected chi connectivity index (χ2v) is 5.68. The number of anilines is 1. The van der Waals surface area contributed by atoms with Gasteiger partial charge in [-0.05, 0) is 32.3 Å². The highest BCUT2D eigenvalue weighted by molar-refractivity contribution is 5.53. The van der Waals surface area contributed by atoms with Gasteiger partial charge < -0.3 is 10.2 Å². The van der Waals surface area contributed by atoms with Crippen LogP contribution in [0.15, 0.2) is 30.6 Å². The Balaban J connectivity index is 2.20. The van der Waals surface area contributed by atoms with Crippen LogP contribution in [0, 0.1) is 11.3 Å². The maximum Gasteiger partial charge on any atom is 0.417 e. The van der Waals surface area contributed by atoms with Crippen molar-refractivity contribution < 1.29 is 13.2 Å². The van der Waals surface area contributed by atoms with Gasteiger partial charge in [0.15, 0.2) is 0 Å². The van der Waals surface area contributed by atoms with Crippen LogP contribution in [0.5, 0.6) is 0 Å². The lowest BCUT2D eigenvalue weighted by molar-refractivity contribution is -0.137. The van der Waals surface area contributed by atoms with E-state index in [1.807, 2.05) is 25.2 Å². The van der Waals surface area contributed by atoms with Gasteiger partial charge in [-0.15, -0.1) is 0 Å². The first kappa shape index (κ1) is 17.8. The predicted octanol–water partition coefficient (Wildman–Crippen LogP) is 3.03. The molecule has 1 N–H and O–H groups in total. The summed E-state index contributed by atoms with van der Waals surface area (Å²) in [5.74, 6) is 0. The van der Waals surface area contributed by atoms with Crippen LogP contribution in [0.25, 0.3) is 0 Å². The van der Waals surface area contributed by atoms with Gasteiger partial charge in [-0.2, -0.15) is 23.5 Å². The fraction of sp³-hybridized carbons (Fsp3) is 0.375. The number of hydrogen-bond acceptors (Lipinski definition) is 4. The van der Waals surface area contributed by atoms with Crippen LogP contribution in [0.3, 0.4) is 0 Å². The minimum atomic E-state index is -4.56. The number of nitrogens with zero attached hydrogens (tertiary/aromatic N) is 4. The van der Waals surface area contributed by atoms with Gasteiger partial charge in [-0.25, -0.2) is 0 Å². The summed E-state index contributed by atoms with van der Waals surface area (Å²) in [6.45, 7) is 0.405. The molecule has 2 aromatic rings. The second kappa shape index (κ2) is 6.93. The predicted molar refractivity (Wildman–Crippen MR) is 84.3 cm³/mol. The number of aromatic nitrogens is 2. The molecule has 128 valence electrons. The molecule has 2 rings (SSSR count). The highest BCUT2D eigenvalue weighted by atomic mass is 19.4. The molecule has 0 bridgehead atoms. The molecule has 1 aromatic heterocycles. The molecule has 1 atom stereocenters. The van der Waals surface area contributed by atoms with Crippen LogP contribution in [-0.4, -0.2) is 35.3 Å². The number of halogens is 3. The molecule has 0 aliphatic carbocycles. The molecule has 0 spiro atoms. The van der Waals surface area contributed by atoms with Crippen molar-refractivity contribution in [3.05, 3.63) is 47.3 Å². The third-order valence-electron chi connectivity index (χ3n) is 3.68. The lowest BCUT2D eigenvalue weighted by Crippen LogP contribution is -2.26. The summed E-state index contributed by atoms with van der Waals surface area (Å²) >= 11 is 0. The molecule has 0 fully saturated rings. The molecule has 5 nitrogen and oxygen atoms in total. The second-order valence-electron chi connectivity index (χ2n) is 5.68. The van der Waals surface area contributed by atoms with Crippen molar-refractivity contribution in [2.24, 2.45) is 7.05 Å². The Bertz CT molecular complexity index is 743. The first-order chi connectivity index (χ1) is 11.2. The molecule has 1 aromatic carbocycles. The number of rotatable bonds is 5. The van der Waals surface area contributed by atoms with Gasteiger partial charge in [0.1, 0.15) is 0 Å². The monoisotopic (exact) mass is 337 g/mol. The molecular weight excluding hydrogens is 319 g/mol. The first-order valence-electron chi connectivity index (χ1n) is 7.22. The van der Waals surface area contributed by atoms with Crippen LogP contribution in [0.2, 0.25) is 0 Å². The maximum atomic E-state index is 13.0. The van der Waals surface area contributed by atoms with E-state index in [4.69, 9.17) is 5.26 Å². The van der Waals surface area contributed by atoms with E-state index in [0.29, 0.717) is 12.2 Å². The highest BCUT2D eigenvalue weighted by Crippen LogP contribution is 2.33. The van der Waals surface area contributed by atoms with Crippen molar-refractivity contribution in [2.45, 2.75) is 12.2 Å². The van der Waals surface area contributed by atoms with Gasteiger partial charge in [0, 0.05) is 31.0 Å². The van der Waals surface area contributed by atoms with E-state index in [1.54, 1.807) is 24.0 Å². The van der Waals surface area contributed by atoms with Gasteiger partial charge in [0.05, 0.1) is 29.4 Å². The van der Waals surface area contributed by atoms with Gasteiger partial charge in [-0.1, -0.05) is 0 Å². The van der Waals surface area contributed by atoms with E-state index in [-0.39, 0.29) is 11.6 Å². The lowest BCUT2D eigenvalue weighted by atomic mass is 10.1. The molecule has 1 heterocycles. The zero-order valence-corrected chi connectivity index (χ0v) is 13.6. The summed E-state index contributed by atoms with van der Waals surface area (Å²) in [6, 6.07) is 5.15. The van der Waals surface area contributed by atoms with Crippen molar-refractivity contribution in [2.75, 3.05) is 26.0 Å². The average molecular weight is 337 g/mol. The third-order valence-corrected chi connectivity index (χ3v) is 3.68.